The van der Waals surface area contributed by atoms with Crippen LogP contribution in [0.5, 0.6) is 0 Å². The fourth-order valence-corrected chi connectivity index (χ4v) is 3.75. The van der Waals surface area contributed by atoms with E-state index in [1.807, 2.05) is 18.2 Å². The van der Waals surface area contributed by atoms with Gasteiger partial charge in [-0.1, -0.05) is 63.4 Å². The SMILES string of the molecule is O=C(NC1c2ccccc2CC1Br)c1cc(Cl)ccc1Cl. The van der Waals surface area contributed by atoms with E-state index < -0.39 is 0 Å². The number of carbonyl (C=O) groups is 1. The molecule has 0 aliphatic heterocycles. The van der Waals surface area contributed by atoms with Crippen LogP contribution in [0.15, 0.2) is 42.5 Å². The number of nitrogens with one attached hydrogen (secondary N) is 1. The summed E-state index contributed by atoms with van der Waals surface area (Å²) < 4.78 is 0. The molecule has 0 bridgehead atoms. The van der Waals surface area contributed by atoms with E-state index in [0.717, 1.165) is 12.0 Å². The van der Waals surface area contributed by atoms with Crippen molar-refractivity contribution in [2.45, 2.75) is 17.3 Å². The van der Waals surface area contributed by atoms with Crippen LogP contribution >= 0.6 is 39.1 Å². The number of fused-ring (bicyclic) bond motifs is 1. The average Bonchev–Trinajstić information content (AvgIpc) is 2.78. The molecule has 2 nitrogen and oxygen atoms in total. The summed E-state index contributed by atoms with van der Waals surface area (Å²) in [4.78, 5) is 12.6. The van der Waals surface area contributed by atoms with Crippen molar-refractivity contribution in [1.82, 2.24) is 5.32 Å². The Morgan fingerprint density at radius 3 is 2.76 bits per heavy atom. The Balaban J connectivity index is 1.87. The molecule has 0 aromatic heterocycles. The van der Waals surface area contributed by atoms with Gasteiger partial charge in [0, 0.05) is 9.85 Å². The standard InChI is InChI=1S/C16H12BrCl2NO/c17-13-7-9-3-1-2-4-11(9)15(13)20-16(21)12-8-10(18)5-6-14(12)19/h1-6,8,13,15H,7H2,(H,20,21). The Bertz CT molecular complexity index is 704. The minimum Gasteiger partial charge on any atom is -0.344 e. The molecule has 2 aromatic carbocycles. The van der Waals surface area contributed by atoms with E-state index in [2.05, 4.69) is 27.3 Å². The highest BCUT2D eigenvalue weighted by molar-refractivity contribution is 9.09. The normalized spacial score (nSPS) is 20.1. The van der Waals surface area contributed by atoms with Crippen molar-refractivity contribution in [3.8, 4) is 0 Å². The Labute approximate surface area is 141 Å². The summed E-state index contributed by atoms with van der Waals surface area (Å²) in [6.07, 6.45) is 0.893. The molecule has 2 unspecified atom stereocenters. The molecule has 0 heterocycles. The lowest BCUT2D eigenvalue weighted by molar-refractivity contribution is 0.0938. The van der Waals surface area contributed by atoms with Gasteiger partial charge in [0.1, 0.15) is 0 Å². The molecule has 108 valence electrons. The number of hydrogen-bond acceptors (Lipinski definition) is 1. The van der Waals surface area contributed by atoms with Crippen LogP contribution in [0.2, 0.25) is 10.0 Å². The fraction of sp³-hybridized carbons (Fsp3) is 0.188. The van der Waals surface area contributed by atoms with E-state index in [1.54, 1.807) is 18.2 Å². The highest BCUT2D eigenvalue weighted by Gasteiger charge is 2.32. The number of carbonyl (C=O) groups excluding carboxylic acids is 1. The summed E-state index contributed by atoms with van der Waals surface area (Å²) in [6.45, 7) is 0. The molecule has 5 heteroatoms. The van der Waals surface area contributed by atoms with Crippen LogP contribution < -0.4 is 5.32 Å². The van der Waals surface area contributed by atoms with Gasteiger partial charge in [-0.3, -0.25) is 4.79 Å². The second kappa shape index (κ2) is 5.99. The van der Waals surface area contributed by atoms with Crippen molar-refractivity contribution in [1.29, 1.82) is 0 Å². The molecule has 0 spiro atoms. The van der Waals surface area contributed by atoms with Crippen LogP contribution in [0.25, 0.3) is 0 Å². The highest BCUT2D eigenvalue weighted by Crippen LogP contribution is 2.36. The van der Waals surface area contributed by atoms with Gasteiger partial charge >= 0.3 is 0 Å². The first-order chi connectivity index (χ1) is 10.1. The summed E-state index contributed by atoms with van der Waals surface area (Å²) >= 11 is 15.7. The predicted octanol–water partition coefficient (Wildman–Crippen LogP) is 4.78. The minimum absolute atomic E-state index is 0.0660. The summed E-state index contributed by atoms with van der Waals surface area (Å²) in [5.41, 5.74) is 2.79. The molecule has 1 aliphatic rings. The Morgan fingerprint density at radius 2 is 1.95 bits per heavy atom. The van der Waals surface area contributed by atoms with E-state index in [4.69, 9.17) is 23.2 Å². The Kier molecular flexibility index (Phi) is 4.25. The Morgan fingerprint density at radius 1 is 1.19 bits per heavy atom. The van der Waals surface area contributed by atoms with Gasteiger partial charge in [-0.25, -0.2) is 0 Å². The van der Waals surface area contributed by atoms with Crippen LogP contribution in [0, 0.1) is 0 Å². The topological polar surface area (TPSA) is 29.1 Å². The van der Waals surface area contributed by atoms with Crippen LogP contribution in [-0.4, -0.2) is 10.7 Å². The van der Waals surface area contributed by atoms with Crippen molar-refractivity contribution in [3.05, 3.63) is 69.2 Å². The lowest BCUT2D eigenvalue weighted by Crippen LogP contribution is -2.31. The predicted molar refractivity (Wildman–Crippen MR) is 89.5 cm³/mol. The third kappa shape index (κ3) is 2.96. The lowest BCUT2D eigenvalue weighted by atomic mass is 10.1. The van der Waals surface area contributed by atoms with Gasteiger partial charge in [0.05, 0.1) is 16.6 Å². The summed E-state index contributed by atoms with van der Waals surface area (Å²) in [5.74, 6) is -0.214. The van der Waals surface area contributed by atoms with Crippen LogP contribution in [0.3, 0.4) is 0 Å². The maximum atomic E-state index is 12.5. The first-order valence-electron chi connectivity index (χ1n) is 6.54. The molecule has 1 amide bonds. The zero-order valence-corrected chi connectivity index (χ0v) is 14.0. The number of amides is 1. The molecular weight excluding hydrogens is 373 g/mol. The zero-order valence-electron chi connectivity index (χ0n) is 10.9. The first-order valence-corrected chi connectivity index (χ1v) is 8.21. The van der Waals surface area contributed by atoms with E-state index in [9.17, 15) is 4.79 Å². The second-order valence-electron chi connectivity index (χ2n) is 4.99. The third-order valence-corrected chi connectivity index (χ3v) is 5.04. The molecule has 0 radical (unpaired) electrons. The van der Waals surface area contributed by atoms with Gasteiger partial charge in [-0.2, -0.15) is 0 Å². The number of hydrogen-bond donors (Lipinski definition) is 1. The Hall–Kier alpha value is -1.03. The van der Waals surface area contributed by atoms with Gasteiger partial charge in [-0.15, -0.1) is 0 Å². The summed E-state index contributed by atoms with van der Waals surface area (Å²) in [6, 6.07) is 12.9. The molecule has 0 fully saturated rings. The number of halogens is 3. The summed E-state index contributed by atoms with van der Waals surface area (Å²) in [5, 5.41) is 3.93. The lowest BCUT2D eigenvalue weighted by Gasteiger charge is -2.18. The molecule has 21 heavy (non-hydrogen) atoms. The van der Waals surface area contributed by atoms with Crippen molar-refractivity contribution < 1.29 is 4.79 Å². The fourth-order valence-electron chi connectivity index (χ4n) is 2.60. The smallest absolute Gasteiger partial charge is 0.253 e. The molecule has 1 aliphatic carbocycles. The van der Waals surface area contributed by atoms with E-state index in [0.29, 0.717) is 15.6 Å². The van der Waals surface area contributed by atoms with E-state index in [1.165, 1.54) is 5.56 Å². The monoisotopic (exact) mass is 383 g/mol. The molecule has 3 rings (SSSR count). The van der Waals surface area contributed by atoms with Gasteiger partial charge in [0.15, 0.2) is 0 Å². The molecule has 0 saturated carbocycles. The zero-order chi connectivity index (χ0) is 15.0. The van der Waals surface area contributed by atoms with Crippen molar-refractivity contribution in [2.75, 3.05) is 0 Å². The number of benzene rings is 2. The van der Waals surface area contributed by atoms with Crippen LogP contribution in [0.1, 0.15) is 27.5 Å². The first kappa shape index (κ1) is 14.9. The number of rotatable bonds is 2. The van der Waals surface area contributed by atoms with E-state index >= 15 is 0 Å². The van der Waals surface area contributed by atoms with Crippen LogP contribution in [0.4, 0.5) is 0 Å². The van der Waals surface area contributed by atoms with Gasteiger partial charge < -0.3 is 5.32 Å². The van der Waals surface area contributed by atoms with Crippen LogP contribution in [-0.2, 0) is 6.42 Å². The molecule has 1 N–H and O–H groups in total. The maximum Gasteiger partial charge on any atom is 0.253 e. The van der Waals surface area contributed by atoms with Gasteiger partial charge in [0.25, 0.3) is 5.91 Å². The van der Waals surface area contributed by atoms with Gasteiger partial charge in [-0.05, 0) is 35.7 Å². The second-order valence-corrected chi connectivity index (χ2v) is 7.01. The van der Waals surface area contributed by atoms with Crippen molar-refractivity contribution in [2.24, 2.45) is 0 Å². The van der Waals surface area contributed by atoms with Gasteiger partial charge in [0.2, 0.25) is 0 Å². The third-order valence-electron chi connectivity index (χ3n) is 3.63. The highest BCUT2D eigenvalue weighted by atomic mass is 79.9. The minimum atomic E-state index is -0.214. The average molecular weight is 385 g/mol. The molecule has 2 atom stereocenters. The quantitative estimate of drug-likeness (QED) is 0.741. The molecule has 0 saturated heterocycles. The van der Waals surface area contributed by atoms with Crippen molar-refractivity contribution >= 4 is 45.0 Å². The largest absolute Gasteiger partial charge is 0.344 e. The summed E-state index contributed by atoms with van der Waals surface area (Å²) in [7, 11) is 0. The molecule has 2 aromatic rings. The van der Waals surface area contributed by atoms with Crippen molar-refractivity contribution in [3.63, 3.8) is 0 Å². The van der Waals surface area contributed by atoms with E-state index in [-0.39, 0.29) is 16.8 Å². The molecular formula is C16H12BrCl2NO. The number of alkyl halides is 1. The maximum absolute atomic E-state index is 12.5.